The van der Waals surface area contributed by atoms with Crippen molar-refractivity contribution >= 4 is 52.3 Å². The van der Waals surface area contributed by atoms with Gasteiger partial charge < -0.3 is 5.32 Å². The van der Waals surface area contributed by atoms with Gasteiger partial charge in [-0.1, -0.05) is 46.9 Å². The van der Waals surface area contributed by atoms with Crippen molar-refractivity contribution in [2.45, 2.75) is 13.5 Å². The van der Waals surface area contributed by atoms with Crippen LogP contribution in [0.3, 0.4) is 0 Å². The quantitative estimate of drug-likeness (QED) is 0.679. The maximum absolute atomic E-state index is 12.1. The van der Waals surface area contributed by atoms with Gasteiger partial charge in [0.05, 0.1) is 15.7 Å². The molecule has 126 valence electrons. The second-order valence-corrected chi connectivity index (χ2v) is 6.18. The van der Waals surface area contributed by atoms with Gasteiger partial charge in [0.2, 0.25) is 5.91 Å². The van der Waals surface area contributed by atoms with Gasteiger partial charge in [0.15, 0.2) is 0 Å². The van der Waals surface area contributed by atoms with E-state index >= 15 is 0 Å². The Hall–Kier alpha value is -1.95. The second-order valence-electron chi connectivity index (χ2n) is 4.93. The third-order valence-corrected chi connectivity index (χ3v) is 3.88. The molecule has 0 radical (unpaired) electrons. The van der Waals surface area contributed by atoms with Crippen molar-refractivity contribution in [3.8, 4) is 0 Å². The van der Waals surface area contributed by atoms with E-state index in [1.807, 2.05) is 0 Å². The van der Waals surface area contributed by atoms with Crippen LogP contribution in [0.25, 0.3) is 0 Å². The summed E-state index contributed by atoms with van der Waals surface area (Å²) in [7, 11) is 0. The van der Waals surface area contributed by atoms with Crippen LogP contribution < -0.4 is 16.2 Å². The van der Waals surface area contributed by atoms with E-state index in [-0.39, 0.29) is 11.8 Å². The Bertz CT molecular complexity index is 741. The van der Waals surface area contributed by atoms with Crippen LogP contribution in [0.2, 0.25) is 15.1 Å². The van der Waals surface area contributed by atoms with Gasteiger partial charge in [-0.15, -0.1) is 0 Å². The van der Waals surface area contributed by atoms with Crippen LogP contribution in [-0.2, 0) is 11.3 Å². The summed E-state index contributed by atoms with van der Waals surface area (Å²) in [6.45, 7) is 1.85. The number of hydrazine groups is 1. The summed E-state index contributed by atoms with van der Waals surface area (Å²) < 4.78 is 0. The highest BCUT2D eigenvalue weighted by molar-refractivity contribution is 6.41. The average molecular weight is 387 g/mol. The lowest BCUT2D eigenvalue weighted by atomic mass is 10.1. The number of hydrogen-bond acceptors (Lipinski definition) is 3. The molecule has 0 aromatic heterocycles. The first-order valence-corrected chi connectivity index (χ1v) is 8.04. The molecule has 24 heavy (non-hydrogen) atoms. The Morgan fingerprint density at radius 1 is 1.00 bits per heavy atom. The van der Waals surface area contributed by atoms with Crippen LogP contribution in [0.4, 0.5) is 5.69 Å². The normalized spacial score (nSPS) is 10.2. The van der Waals surface area contributed by atoms with Crippen LogP contribution in [0, 0.1) is 0 Å². The summed E-state index contributed by atoms with van der Waals surface area (Å²) in [6.07, 6.45) is 0. The Balaban J connectivity index is 1.99. The van der Waals surface area contributed by atoms with Crippen molar-refractivity contribution in [2.75, 3.05) is 5.43 Å². The Morgan fingerprint density at radius 3 is 2.12 bits per heavy atom. The first kappa shape index (κ1) is 18.4. The molecule has 2 aromatic carbocycles. The molecule has 0 heterocycles. The molecule has 0 saturated heterocycles. The monoisotopic (exact) mass is 385 g/mol. The summed E-state index contributed by atoms with van der Waals surface area (Å²) in [4.78, 5) is 23.0. The number of carbonyl (C=O) groups excluding carboxylic acids is 2. The Labute approximate surface area is 154 Å². The van der Waals surface area contributed by atoms with E-state index in [9.17, 15) is 9.59 Å². The summed E-state index contributed by atoms with van der Waals surface area (Å²) in [5.41, 5.74) is 6.88. The first-order chi connectivity index (χ1) is 11.4. The minimum atomic E-state index is -0.358. The zero-order valence-electron chi connectivity index (χ0n) is 12.6. The number of nitrogens with one attached hydrogen (secondary N) is 3. The van der Waals surface area contributed by atoms with Gasteiger partial charge >= 0.3 is 0 Å². The lowest BCUT2D eigenvalue weighted by Crippen LogP contribution is -2.29. The highest BCUT2D eigenvalue weighted by Crippen LogP contribution is 2.33. The molecule has 3 N–H and O–H groups in total. The van der Waals surface area contributed by atoms with Crippen molar-refractivity contribution < 1.29 is 9.59 Å². The maximum Gasteiger partial charge on any atom is 0.269 e. The largest absolute Gasteiger partial charge is 0.352 e. The number of rotatable bonds is 5. The van der Waals surface area contributed by atoms with Gasteiger partial charge in [0.25, 0.3) is 5.91 Å². The fraction of sp³-hybridized carbons (Fsp3) is 0.125. The van der Waals surface area contributed by atoms with Gasteiger partial charge in [0.1, 0.15) is 0 Å². The van der Waals surface area contributed by atoms with Gasteiger partial charge in [-0.25, -0.2) is 0 Å². The summed E-state index contributed by atoms with van der Waals surface area (Å²) in [5, 5.41) is 3.66. The molecule has 0 atom stereocenters. The third kappa shape index (κ3) is 5.03. The van der Waals surface area contributed by atoms with Crippen LogP contribution in [0.5, 0.6) is 0 Å². The average Bonchev–Trinajstić information content (AvgIpc) is 2.52. The molecule has 2 amide bonds. The zero-order valence-corrected chi connectivity index (χ0v) is 14.9. The van der Waals surface area contributed by atoms with E-state index in [4.69, 9.17) is 34.8 Å². The van der Waals surface area contributed by atoms with E-state index in [0.29, 0.717) is 32.9 Å². The van der Waals surface area contributed by atoms with Crippen LogP contribution in [0.1, 0.15) is 22.8 Å². The molecule has 0 aliphatic heterocycles. The smallest absolute Gasteiger partial charge is 0.269 e. The third-order valence-electron chi connectivity index (χ3n) is 3.07. The minimum absolute atomic E-state index is 0.113. The molecule has 2 aromatic rings. The standard InChI is InChI=1S/C16H14Cl3N3O2/c1-9(23)20-8-10-2-4-11(5-3-10)16(24)22-21-15-13(18)6-12(17)7-14(15)19/h2-7,21H,8H2,1H3,(H,20,23)(H,22,24). The highest BCUT2D eigenvalue weighted by atomic mass is 35.5. The van der Waals surface area contributed by atoms with Crippen LogP contribution in [0.15, 0.2) is 36.4 Å². The molecular formula is C16H14Cl3N3O2. The molecule has 0 unspecified atom stereocenters. The van der Waals surface area contributed by atoms with E-state index in [1.165, 1.54) is 19.1 Å². The molecule has 0 aliphatic carbocycles. The number of carbonyl (C=O) groups is 2. The summed E-state index contributed by atoms with van der Waals surface area (Å²) in [6, 6.07) is 9.85. The summed E-state index contributed by atoms with van der Waals surface area (Å²) in [5.74, 6) is -0.471. The number of amides is 2. The lowest BCUT2D eigenvalue weighted by molar-refractivity contribution is -0.119. The molecule has 8 heteroatoms. The Kier molecular flexibility index (Phi) is 6.31. The van der Waals surface area contributed by atoms with E-state index < -0.39 is 0 Å². The molecule has 0 fully saturated rings. The first-order valence-electron chi connectivity index (χ1n) is 6.91. The van der Waals surface area contributed by atoms with Crippen LogP contribution >= 0.6 is 34.8 Å². The van der Waals surface area contributed by atoms with Crippen molar-refractivity contribution in [3.05, 3.63) is 62.6 Å². The second kappa shape index (κ2) is 8.24. The molecule has 5 nitrogen and oxygen atoms in total. The number of hydrogen-bond donors (Lipinski definition) is 3. The fourth-order valence-electron chi connectivity index (χ4n) is 1.85. The predicted octanol–water partition coefficient (Wildman–Crippen LogP) is 4.04. The number of benzene rings is 2. The predicted molar refractivity (Wildman–Crippen MR) is 96.5 cm³/mol. The zero-order chi connectivity index (χ0) is 17.7. The van der Waals surface area contributed by atoms with Gasteiger partial charge in [-0.3, -0.25) is 20.4 Å². The Morgan fingerprint density at radius 2 is 1.58 bits per heavy atom. The molecule has 0 bridgehead atoms. The maximum atomic E-state index is 12.1. The fourth-order valence-corrected chi connectivity index (χ4v) is 2.77. The van der Waals surface area contributed by atoms with Gasteiger partial charge in [-0.05, 0) is 29.8 Å². The van der Waals surface area contributed by atoms with E-state index in [1.54, 1.807) is 24.3 Å². The van der Waals surface area contributed by atoms with E-state index in [2.05, 4.69) is 16.2 Å². The number of anilines is 1. The molecule has 0 aliphatic rings. The molecule has 0 spiro atoms. The molecule has 2 rings (SSSR count). The van der Waals surface area contributed by atoms with Crippen molar-refractivity contribution in [1.82, 2.24) is 10.7 Å². The summed E-state index contributed by atoms with van der Waals surface area (Å²) >= 11 is 17.9. The highest BCUT2D eigenvalue weighted by Gasteiger charge is 2.10. The van der Waals surface area contributed by atoms with Crippen LogP contribution in [-0.4, -0.2) is 11.8 Å². The van der Waals surface area contributed by atoms with Gasteiger partial charge in [-0.2, -0.15) is 0 Å². The molecule has 0 saturated carbocycles. The lowest BCUT2D eigenvalue weighted by Gasteiger charge is -2.12. The SMILES string of the molecule is CC(=O)NCc1ccc(C(=O)NNc2c(Cl)cc(Cl)cc2Cl)cc1. The van der Waals surface area contributed by atoms with E-state index in [0.717, 1.165) is 5.56 Å². The number of halogens is 3. The van der Waals surface area contributed by atoms with Crippen molar-refractivity contribution in [3.63, 3.8) is 0 Å². The van der Waals surface area contributed by atoms with Crippen molar-refractivity contribution in [1.29, 1.82) is 0 Å². The topological polar surface area (TPSA) is 70.2 Å². The van der Waals surface area contributed by atoms with Crippen molar-refractivity contribution in [2.24, 2.45) is 0 Å². The van der Waals surface area contributed by atoms with Gasteiger partial charge in [0, 0.05) is 24.1 Å². The molecular weight excluding hydrogens is 373 g/mol. The minimum Gasteiger partial charge on any atom is -0.352 e.